The number of hydrogen-bond donors (Lipinski definition) is 1. The summed E-state index contributed by atoms with van der Waals surface area (Å²) in [4.78, 5) is 0. The molecule has 1 aromatic rings. The summed E-state index contributed by atoms with van der Waals surface area (Å²) in [5.41, 5.74) is 8.02. The molecule has 0 saturated carbocycles. The van der Waals surface area contributed by atoms with E-state index in [9.17, 15) is 4.39 Å². The van der Waals surface area contributed by atoms with Crippen molar-refractivity contribution in [2.45, 2.75) is 6.92 Å². The second kappa shape index (κ2) is 5.15. The summed E-state index contributed by atoms with van der Waals surface area (Å²) in [7, 11) is 0. The van der Waals surface area contributed by atoms with Crippen molar-refractivity contribution in [2.24, 2.45) is 5.73 Å². The van der Waals surface area contributed by atoms with Crippen LogP contribution in [0.25, 0.3) is 5.57 Å². The molecule has 15 heavy (non-hydrogen) atoms. The molecule has 1 aromatic carbocycles. The molecule has 1 rings (SSSR count). The van der Waals surface area contributed by atoms with Gasteiger partial charge in [-0.05, 0) is 48.0 Å². The van der Waals surface area contributed by atoms with Gasteiger partial charge in [-0.1, -0.05) is 24.8 Å². The highest BCUT2D eigenvalue weighted by Crippen LogP contribution is 2.21. The summed E-state index contributed by atoms with van der Waals surface area (Å²) < 4.78 is 13.1. The predicted octanol–water partition coefficient (Wildman–Crippen LogP) is 3.18. The fraction of sp³-hybridized carbons (Fsp3) is 0.0769. The van der Waals surface area contributed by atoms with Gasteiger partial charge in [-0.2, -0.15) is 0 Å². The Balaban J connectivity index is 3.27. The Kier molecular flexibility index (Phi) is 3.86. The van der Waals surface area contributed by atoms with Crippen molar-refractivity contribution in [2.75, 3.05) is 0 Å². The zero-order valence-corrected chi connectivity index (χ0v) is 8.70. The van der Waals surface area contributed by atoms with E-state index in [1.54, 1.807) is 24.3 Å². The number of rotatable bonds is 3. The lowest BCUT2D eigenvalue weighted by molar-refractivity contribution is 0.627. The van der Waals surface area contributed by atoms with Crippen molar-refractivity contribution in [3.63, 3.8) is 0 Å². The second-order valence-electron chi connectivity index (χ2n) is 3.18. The summed E-state index contributed by atoms with van der Waals surface area (Å²) in [5, 5.41) is 0. The minimum atomic E-state index is -0.254. The van der Waals surface area contributed by atoms with Gasteiger partial charge >= 0.3 is 0 Å². The number of allylic oxidation sites excluding steroid dienone is 4. The predicted molar refractivity (Wildman–Crippen MR) is 62.6 cm³/mol. The normalized spacial score (nSPS) is 12.0. The first-order valence-electron chi connectivity index (χ1n) is 4.66. The second-order valence-corrected chi connectivity index (χ2v) is 3.18. The molecular weight excluding hydrogens is 189 g/mol. The molecule has 2 N–H and O–H groups in total. The number of nitrogens with two attached hydrogens (primary N) is 1. The van der Waals surface area contributed by atoms with Gasteiger partial charge in [0.2, 0.25) is 0 Å². The molecule has 0 spiro atoms. The van der Waals surface area contributed by atoms with Crippen LogP contribution in [-0.4, -0.2) is 0 Å². The lowest BCUT2D eigenvalue weighted by atomic mass is 10.00. The first-order valence-corrected chi connectivity index (χ1v) is 4.66. The molecule has 0 amide bonds. The van der Waals surface area contributed by atoms with Crippen molar-refractivity contribution in [1.82, 2.24) is 0 Å². The molecule has 0 aliphatic carbocycles. The van der Waals surface area contributed by atoms with E-state index >= 15 is 0 Å². The lowest BCUT2D eigenvalue weighted by Gasteiger charge is -2.06. The number of halogens is 1. The van der Waals surface area contributed by atoms with Crippen LogP contribution in [-0.2, 0) is 0 Å². The van der Waals surface area contributed by atoms with Gasteiger partial charge in [-0.25, -0.2) is 4.39 Å². The van der Waals surface area contributed by atoms with E-state index in [1.807, 2.05) is 6.92 Å². The van der Waals surface area contributed by atoms with Crippen LogP contribution in [0.3, 0.4) is 0 Å². The number of aryl methyl sites for hydroxylation is 1. The van der Waals surface area contributed by atoms with Gasteiger partial charge in [0.25, 0.3) is 0 Å². The first kappa shape index (κ1) is 11.2. The average Bonchev–Trinajstić information content (AvgIpc) is 2.21. The van der Waals surface area contributed by atoms with Crippen LogP contribution < -0.4 is 5.73 Å². The zero-order chi connectivity index (χ0) is 11.3. The largest absolute Gasteiger partial charge is 0.405 e. The highest BCUT2D eigenvalue weighted by Gasteiger charge is 2.03. The molecule has 0 unspecified atom stereocenters. The van der Waals surface area contributed by atoms with E-state index < -0.39 is 0 Å². The Bertz CT molecular complexity index is 417. The molecule has 78 valence electrons. The van der Waals surface area contributed by atoms with E-state index in [0.717, 1.165) is 16.7 Å². The Morgan fingerprint density at radius 1 is 1.47 bits per heavy atom. The fourth-order valence-corrected chi connectivity index (χ4v) is 1.37. The maximum Gasteiger partial charge on any atom is 0.123 e. The van der Waals surface area contributed by atoms with Gasteiger partial charge in [0.1, 0.15) is 5.82 Å². The number of benzene rings is 1. The van der Waals surface area contributed by atoms with Crippen LogP contribution >= 0.6 is 0 Å². The van der Waals surface area contributed by atoms with Crippen LogP contribution in [0.1, 0.15) is 11.1 Å². The third-order valence-electron chi connectivity index (χ3n) is 2.08. The minimum absolute atomic E-state index is 0.254. The Morgan fingerprint density at radius 2 is 2.20 bits per heavy atom. The topological polar surface area (TPSA) is 26.0 Å². The van der Waals surface area contributed by atoms with Crippen LogP contribution in [0.5, 0.6) is 0 Å². The summed E-state index contributed by atoms with van der Waals surface area (Å²) in [6, 6.07) is 4.67. The van der Waals surface area contributed by atoms with E-state index in [4.69, 9.17) is 5.73 Å². The highest BCUT2D eigenvalue weighted by molar-refractivity contribution is 5.76. The van der Waals surface area contributed by atoms with Crippen LogP contribution in [0, 0.1) is 12.7 Å². The first-order chi connectivity index (χ1) is 7.19. The number of hydrogen-bond acceptors (Lipinski definition) is 1. The maximum atomic E-state index is 13.1. The Hall–Kier alpha value is -1.83. The van der Waals surface area contributed by atoms with E-state index in [0.29, 0.717) is 0 Å². The fourth-order valence-electron chi connectivity index (χ4n) is 1.37. The minimum Gasteiger partial charge on any atom is -0.405 e. The molecule has 0 bridgehead atoms. The maximum absolute atomic E-state index is 13.1. The molecule has 0 atom stereocenters. The SMILES string of the molecule is C=C/C=C(\C=C/N)c1cc(F)ccc1C. The standard InChI is InChI=1S/C13H14FN/c1-3-4-11(7-8-15)13-9-12(14)6-5-10(13)2/h3-9H,1,15H2,2H3/b8-7-,11-4+. The van der Waals surface area contributed by atoms with Gasteiger partial charge in [0.15, 0.2) is 0 Å². The highest BCUT2D eigenvalue weighted by atomic mass is 19.1. The van der Waals surface area contributed by atoms with Crippen molar-refractivity contribution >= 4 is 5.57 Å². The van der Waals surface area contributed by atoms with Crippen LogP contribution in [0.2, 0.25) is 0 Å². The third-order valence-corrected chi connectivity index (χ3v) is 2.08. The molecule has 2 heteroatoms. The zero-order valence-electron chi connectivity index (χ0n) is 8.70. The molecule has 0 aliphatic rings. The molecule has 0 heterocycles. The van der Waals surface area contributed by atoms with E-state index in [2.05, 4.69) is 6.58 Å². The van der Waals surface area contributed by atoms with Crippen molar-refractivity contribution in [3.05, 3.63) is 66.2 Å². The lowest BCUT2D eigenvalue weighted by Crippen LogP contribution is -1.89. The van der Waals surface area contributed by atoms with E-state index in [1.165, 1.54) is 18.3 Å². The Labute approximate surface area is 89.4 Å². The molecule has 0 radical (unpaired) electrons. The molecular formula is C13H14FN. The van der Waals surface area contributed by atoms with Gasteiger partial charge < -0.3 is 5.73 Å². The van der Waals surface area contributed by atoms with Gasteiger partial charge in [0.05, 0.1) is 0 Å². The molecule has 0 aromatic heterocycles. The quantitative estimate of drug-likeness (QED) is 0.750. The summed E-state index contributed by atoms with van der Waals surface area (Å²) in [5.74, 6) is -0.254. The van der Waals surface area contributed by atoms with Crippen molar-refractivity contribution in [3.8, 4) is 0 Å². The summed E-state index contributed by atoms with van der Waals surface area (Å²) >= 11 is 0. The molecule has 0 saturated heterocycles. The van der Waals surface area contributed by atoms with Crippen molar-refractivity contribution in [1.29, 1.82) is 0 Å². The summed E-state index contributed by atoms with van der Waals surface area (Å²) in [6.07, 6.45) is 6.61. The molecule has 0 fully saturated rings. The smallest absolute Gasteiger partial charge is 0.123 e. The van der Waals surface area contributed by atoms with Gasteiger partial charge in [0, 0.05) is 0 Å². The summed E-state index contributed by atoms with van der Waals surface area (Å²) in [6.45, 7) is 5.54. The molecule has 1 nitrogen and oxygen atoms in total. The molecule has 0 aliphatic heterocycles. The average molecular weight is 203 g/mol. The van der Waals surface area contributed by atoms with E-state index in [-0.39, 0.29) is 5.82 Å². The van der Waals surface area contributed by atoms with Crippen molar-refractivity contribution < 1.29 is 4.39 Å². The monoisotopic (exact) mass is 203 g/mol. The van der Waals surface area contributed by atoms with Crippen LogP contribution in [0.15, 0.2) is 49.2 Å². The van der Waals surface area contributed by atoms with Crippen LogP contribution in [0.4, 0.5) is 4.39 Å². The third kappa shape index (κ3) is 2.81. The van der Waals surface area contributed by atoms with Gasteiger partial charge in [-0.3, -0.25) is 0 Å². The Morgan fingerprint density at radius 3 is 2.80 bits per heavy atom. The van der Waals surface area contributed by atoms with Gasteiger partial charge in [-0.15, -0.1) is 0 Å².